The zero-order valence-corrected chi connectivity index (χ0v) is 21.8. The summed E-state index contributed by atoms with van der Waals surface area (Å²) in [4.78, 5) is 39.6. The number of Topliss-reactive ketones (excluding diaryl/α,β-unsaturated/α-hetero) is 1. The zero-order valence-electron chi connectivity index (χ0n) is 21.8. The lowest BCUT2D eigenvalue weighted by Gasteiger charge is -2.49. The topological polar surface area (TPSA) is 85.0 Å². The second-order valence-corrected chi connectivity index (χ2v) is 11.4. The van der Waals surface area contributed by atoms with Gasteiger partial charge in [0, 0.05) is 36.6 Å². The van der Waals surface area contributed by atoms with Crippen LogP contribution in [-0.4, -0.2) is 41.5 Å². The Morgan fingerprint density at radius 2 is 1.83 bits per heavy atom. The van der Waals surface area contributed by atoms with Gasteiger partial charge in [-0.15, -0.1) is 0 Å². The van der Waals surface area contributed by atoms with Gasteiger partial charge >= 0.3 is 5.97 Å². The Morgan fingerprint density at radius 1 is 1.11 bits per heavy atom. The molecule has 5 rings (SSSR count). The number of allylic oxidation sites excluding steroid dienone is 2. The first-order chi connectivity index (χ1) is 17.1. The van der Waals surface area contributed by atoms with E-state index in [1.807, 2.05) is 44.2 Å². The van der Waals surface area contributed by atoms with Crippen LogP contribution in [-0.2, 0) is 30.3 Å². The number of carbonyl (C=O) groups excluding carboxylic acids is 3. The minimum Gasteiger partial charge on any atom is -0.457 e. The molecular weight excluding hydrogens is 454 g/mol. The van der Waals surface area contributed by atoms with E-state index in [-0.39, 0.29) is 59.0 Å². The SMILES string of the molecule is CC(=O)O[C@@H]1/C=C\[C@H](C)C(=O)[C@@H](C)C/C=C\[C@H]2[C@@H]3O[C@]3(C)[C@@H](C)[C@H]3[C@H](Cc4ccccc4)NC(=O)[C@@]312. The molecule has 0 unspecified atom stereocenters. The quantitative estimate of drug-likeness (QED) is 0.392. The van der Waals surface area contributed by atoms with Crippen LogP contribution in [0.3, 0.4) is 0 Å². The van der Waals surface area contributed by atoms with Crippen molar-refractivity contribution in [3.8, 4) is 0 Å². The van der Waals surface area contributed by atoms with Crippen LogP contribution in [0.15, 0.2) is 54.6 Å². The van der Waals surface area contributed by atoms with Gasteiger partial charge in [-0.2, -0.15) is 0 Å². The monoisotopic (exact) mass is 491 g/mol. The number of fused-ring (bicyclic) bond motifs is 2. The number of benzene rings is 1. The number of hydrogen-bond acceptors (Lipinski definition) is 5. The van der Waals surface area contributed by atoms with Crippen molar-refractivity contribution in [2.75, 3.05) is 0 Å². The highest BCUT2D eigenvalue weighted by atomic mass is 16.6. The van der Waals surface area contributed by atoms with Crippen molar-refractivity contribution in [1.29, 1.82) is 0 Å². The normalized spacial score (nSPS) is 45.2. The molecule has 10 atom stereocenters. The third-order valence-corrected chi connectivity index (χ3v) is 9.31. The van der Waals surface area contributed by atoms with Gasteiger partial charge in [0.05, 0.1) is 11.7 Å². The molecule has 1 aromatic rings. The number of amides is 1. The van der Waals surface area contributed by atoms with Crippen molar-refractivity contribution in [3.63, 3.8) is 0 Å². The molecule has 2 aliphatic heterocycles. The first kappa shape index (κ1) is 24.9. The van der Waals surface area contributed by atoms with E-state index in [1.165, 1.54) is 6.92 Å². The molecule has 2 aliphatic carbocycles. The molecule has 4 aliphatic rings. The van der Waals surface area contributed by atoms with Crippen LogP contribution in [0.2, 0.25) is 0 Å². The molecule has 6 nitrogen and oxygen atoms in total. The molecule has 1 aromatic carbocycles. The summed E-state index contributed by atoms with van der Waals surface area (Å²) in [6.07, 6.45) is 8.05. The fourth-order valence-corrected chi connectivity index (χ4v) is 7.29. The van der Waals surface area contributed by atoms with E-state index >= 15 is 0 Å². The van der Waals surface area contributed by atoms with Gasteiger partial charge in [0.2, 0.25) is 5.91 Å². The Kier molecular flexibility index (Phi) is 6.22. The molecule has 2 saturated heterocycles. The molecule has 36 heavy (non-hydrogen) atoms. The van der Waals surface area contributed by atoms with Crippen LogP contribution in [0, 0.1) is 35.0 Å². The lowest BCUT2D eigenvalue weighted by Crippen LogP contribution is -2.60. The fraction of sp³-hybridized carbons (Fsp3) is 0.567. The number of epoxide rings is 1. The second kappa shape index (κ2) is 8.98. The summed E-state index contributed by atoms with van der Waals surface area (Å²) >= 11 is 0. The second-order valence-electron chi connectivity index (χ2n) is 11.4. The van der Waals surface area contributed by atoms with Gasteiger partial charge in [-0.05, 0) is 37.3 Å². The molecule has 0 aromatic heterocycles. The Hall–Kier alpha value is -2.73. The summed E-state index contributed by atoms with van der Waals surface area (Å²) < 4.78 is 12.4. The lowest BCUT2D eigenvalue weighted by molar-refractivity contribution is -0.162. The van der Waals surface area contributed by atoms with E-state index in [4.69, 9.17) is 9.47 Å². The predicted molar refractivity (Wildman–Crippen MR) is 136 cm³/mol. The summed E-state index contributed by atoms with van der Waals surface area (Å²) in [6.45, 7) is 9.49. The highest BCUT2D eigenvalue weighted by Crippen LogP contribution is 2.67. The molecule has 1 amide bonds. The average Bonchev–Trinajstić information content (AvgIpc) is 3.46. The molecule has 2 heterocycles. The number of ketones is 1. The third-order valence-electron chi connectivity index (χ3n) is 9.31. The van der Waals surface area contributed by atoms with E-state index in [2.05, 4.69) is 37.4 Å². The molecule has 6 heteroatoms. The summed E-state index contributed by atoms with van der Waals surface area (Å²) in [6, 6.07) is 10.0. The number of esters is 1. The van der Waals surface area contributed by atoms with Gasteiger partial charge in [0.15, 0.2) is 0 Å². The van der Waals surface area contributed by atoms with Crippen molar-refractivity contribution >= 4 is 17.7 Å². The largest absolute Gasteiger partial charge is 0.457 e. The average molecular weight is 492 g/mol. The van der Waals surface area contributed by atoms with Gasteiger partial charge in [0.25, 0.3) is 0 Å². The van der Waals surface area contributed by atoms with Gasteiger partial charge in [-0.25, -0.2) is 0 Å². The molecule has 0 radical (unpaired) electrons. The Labute approximate surface area is 213 Å². The smallest absolute Gasteiger partial charge is 0.303 e. The standard InChI is InChI=1S/C30H37NO5/c1-17-10-9-13-22-27-29(5,36-27)19(3)25-23(16-21-11-7-6-8-12-21)31-28(34)30(22,25)24(35-20(4)32)15-14-18(2)26(17)33/h6-9,11-15,17-19,22-25,27H,10,16H2,1-5H3,(H,31,34)/b13-9-,15-14-/t17-,18-,19-,22-,23-,24+,25-,27-,29+,30+/m0/s1. The molecule has 3 fully saturated rings. The van der Waals surface area contributed by atoms with E-state index in [1.54, 1.807) is 6.08 Å². The molecule has 1 saturated carbocycles. The van der Waals surface area contributed by atoms with Gasteiger partial charge in [-0.3, -0.25) is 14.4 Å². The number of nitrogens with one attached hydrogen (secondary N) is 1. The van der Waals surface area contributed by atoms with Gasteiger partial charge < -0.3 is 14.8 Å². The highest BCUT2D eigenvalue weighted by molar-refractivity contribution is 5.89. The van der Waals surface area contributed by atoms with E-state index in [0.717, 1.165) is 5.56 Å². The number of rotatable bonds is 3. The third kappa shape index (κ3) is 3.76. The maximum absolute atomic E-state index is 14.2. The van der Waals surface area contributed by atoms with E-state index in [0.29, 0.717) is 12.8 Å². The lowest BCUT2D eigenvalue weighted by atomic mass is 9.51. The molecule has 0 bridgehead atoms. The first-order valence-electron chi connectivity index (χ1n) is 13.2. The van der Waals surface area contributed by atoms with Crippen molar-refractivity contribution in [1.82, 2.24) is 5.32 Å². The predicted octanol–water partition coefficient (Wildman–Crippen LogP) is 4.04. The highest BCUT2D eigenvalue weighted by Gasteiger charge is 2.78. The van der Waals surface area contributed by atoms with Crippen LogP contribution >= 0.6 is 0 Å². The summed E-state index contributed by atoms with van der Waals surface area (Å²) in [7, 11) is 0. The molecule has 192 valence electrons. The molecule has 1 N–H and O–H groups in total. The van der Waals surface area contributed by atoms with Crippen molar-refractivity contribution in [2.45, 2.75) is 71.3 Å². The Balaban J connectivity index is 1.68. The number of carbonyl (C=O) groups is 3. The van der Waals surface area contributed by atoms with E-state index in [9.17, 15) is 14.4 Å². The number of hydrogen-bond donors (Lipinski definition) is 1. The summed E-state index contributed by atoms with van der Waals surface area (Å²) in [5.74, 6) is -1.27. The van der Waals surface area contributed by atoms with Gasteiger partial charge in [0.1, 0.15) is 17.3 Å². The Morgan fingerprint density at radius 3 is 2.53 bits per heavy atom. The Bertz CT molecular complexity index is 1110. The van der Waals surface area contributed by atoms with Crippen molar-refractivity contribution < 1.29 is 23.9 Å². The van der Waals surface area contributed by atoms with Crippen LogP contribution in [0.5, 0.6) is 0 Å². The van der Waals surface area contributed by atoms with Crippen LogP contribution < -0.4 is 5.32 Å². The van der Waals surface area contributed by atoms with Crippen molar-refractivity contribution in [2.24, 2.45) is 35.0 Å². The summed E-state index contributed by atoms with van der Waals surface area (Å²) in [5.41, 5.74) is -0.245. The maximum Gasteiger partial charge on any atom is 0.303 e. The van der Waals surface area contributed by atoms with E-state index < -0.39 is 17.5 Å². The summed E-state index contributed by atoms with van der Waals surface area (Å²) in [5, 5.41) is 3.33. The molecule has 1 spiro atoms. The maximum atomic E-state index is 14.2. The zero-order chi connectivity index (χ0) is 25.8. The minimum absolute atomic E-state index is 0.0503. The number of ether oxygens (including phenoxy) is 2. The fourth-order valence-electron chi connectivity index (χ4n) is 7.29. The van der Waals surface area contributed by atoms with Crippen LogP contribution in [0.25, 0.3) is 0 Å². The van der Waals surface area contributed by atoms with Crippen molar-refractivity contribution in [3.05, 3.63) is 60.2 Å². The minimum atomic E-state index is -1.03. The van der Waals surface area contributed by atoms with Crippen LogP contribution in [0.4, 0.5) is 0 Å². The van der Waals surface area contributed by atoms with Crippen LogP contribution in [0.1, 0.15) is 46.6 Å². The first-order valence-corrected chi connectivity index (χ1v) is 13.2. The molecular formula is C30H37NO5. The van der Waals surface area contributed by atoms with Gasteiger partial charge in [-0.1, -0.05) is 69.3 Å².